The van der Waals surface area contributed by atoms with E-state index in [4.69, 9.17) is 67.5 Å². The lowest BCUT2D eigenvalue weighted by atomic mass is 10.2. The topological polar surface area (TPSA) is 52.6 Å². The molecule has 0 N–H and O–H groups in total. The minimum Gasteiger partial charge on any atom is -0.450 e. The van der Waals surface area contributed by atoms with Gasteiger partial charge in [0.25, 0.3) is 0 Å². The maximum atomic E-state index is 11.8. The maximum Gasteiger partial charge on any atom is 0.352 e. The molecule has 0 amide bonds. The first-order valence-corrected chi connectivity index (χ1v) is 7.14. The third-order valence-electron chi connectivity index (χ3n) is 2.52. The number of benzene rings is 1. The predicted molar refractivity (Wildman–Crippen MR) is 76.2 cm³/mol. The molecule has 1 saturated heterocycles. The molecule has 1 aromatic rings. The summed E-state index contributed by atoms with van der Waals surface area (Å²) in [6.07, 6.45) is -0.631. The lowest BCUT2D eigenvalue weighted by Crippen LogP contribution is -2.25. The van der Waals surface area contributed by atoms with Gasteiger partial charge in [0, 0.05) is 12.8 Å². The Kier molecular flexibility index (Phi) is 4.92. The van der Waals surface area contributed by atoms with E-state index >= 15 is 0 Å². The van der Waals surface area contributed by atoms with Gasteiger partial charge in [0.1, 0.15) is 10.0 Å². The number of rotatable bonds is 2. The van der Waals surface area contributed by atoms with E-state index in [2.05, 4.69) is 0 Å². The van der Waals surface area contributed by atoms with E-state index < -0.39 is 18.0 Å². The van der Waals surface area contributed by atoms with Crippen LogP contribution >= 0.6 is 58.0 Å². The fourth-order valence-electron chi connectivity index (χ4n) is 1.53. The largest absolute Gasteiger partial charge is 0.450 e. The van der Waals surface area contributed by atoms with Gasteiger partial charge in [-0.2, -0.15) is 0 Å². The Hall–Kier alpha value is -0.390. The van der Waals surface area contributed by atoms with E-state index in [0.717, 1.165) is 0 Å². The number of cyclic esters (lactones) is 1. The van der Waals surface area contributed by atoms with Crippen LogP contribution in [0.3, 0.4) is 0 Å². The van der Waals surface area contributed by atoms with E-state index in [1.165, 1.54) is 0 Å². The molecule has 0 bridgehead atoms. The third kappa shape index (κ3) is 2.95. The third-order valence-corrected chi connectivity index (χ3v) is 4.76. The van der Waals surface area contributed by atoms with Crippen LogP contribution in [0, 0.1) is 0 Å². The summed E-state index contributed by atoms with van der Waals surface area (Å²) in [4.78, 5) is 22.8. The molecule has 0 aliphatic carbocycles. The average molecular weight is 378 g/mol. The van der Waals surface area contributed by atoms with Crippen molar-refractivity contribution in [2.45, 2.75) is 18.9 Å². The molecule has 1 fully saturated rings. The molecule has 0 spiro atoms. The van der Waals surface area contributed by atoms with Gasteiger partial charge in [-0.25, -0.2) is 4.79 Å². The molecule has 0 aromatic heterocycles. The Balaban J connectivity index is 2.30. The molecule has 4 nitrogen and oxygen atoms in total. The zero-order chi connectivity index (χ0) is 15.0. The quantitative estimate of drug-likeness (QED) is 0.328. The van der Waals surface area contributed by atoms with Crippen molar-refractivity contribution in [3.05, 3.63) is 25.1 Å². The molecule has 0 unspecified atom stereocenters. The van der Waals surface area contributed by atoms with Gasteiger partial charge in [-0.1, -0.05) is 58.0 Å². The fraction of sp³-hybridized carbons (Fsp3) is 0.273. The molecule has 20 heavy (non-hydrogen) atoms. The van der Waals surface area contributed by atoms with Crippen LogP contribution in [0.2, 0.25) is 25.1 Å². The first-order chi connectivity index (χ1) is 9.32. The van der Waals surface area contributed by atoms with Gasteiger partial charge in [0.15, 0.2) is 11.9 Å². The van der Waals surface area contributed by atoms with Crippen LogP contribution in [0.5, 0.6) is 5.75 Å². The number of carbonyl (C=O) groups excluding carboxylic acids is 2. The highest BCUT2D eigenvalue weighted by molar-refractivity contribution is 6.55. The molecule has 1 atom stereocenters. The number of halogens is 5. The van der Waals surface area contributed by atoms with Crippen LogP contribution in [-0.4, -0.2) is 18.0 Å². The van der Waals surface area contributed by atoms with Gasteiger partial charge in [0.05, 0.1) is 15.1 Å². The lowest BCUT2D eigenvalue weighted by molar-refractivity contribution is -0.155. The number of carbonyl (C=O) groups is 2. The van der Waals surface area contributed by atoms with Crippen molar-refractivity contribution in [3.63, 3.8) is 0 Å². The molecular weight excluding hydrogens is 373 g/mol. The van der Waals surface area contributed by atoms with Crippen molar-refractivity contribution in [2.75, 3.05) is 0 Å². The normalized spacial score (nSPS) is 18.1. The van der Waals surface area contributed by atoms with Gasteiger partial charge in [-0.3, -0.25) is 4.79 Å². The monoisotopic (exact) mass is 376 g/mol. The molecule has 1 aliphatic heterocycles. The van der Waals surface area contributed by atoms with Gasteiger partial charge >= 0.3 is 11.9 Å². The van der Waals surface area contributed by atoms with Crippen molar-refractivity contribution in [3.8, 4) is 5.75 Å². The number of ether oxygens (including phenoxy) is 2. The highest BCUT2D eigenvalue weighted by Gasteiger charge is 2.33. The van der Waals surface area contributed by atoms with Crippen LogP contribution in [0.1, 0.15) is 12.8 Å². The van der Waals surface area contributed by atoms with E-state index in [1.54, 1.807) is 0 Å². The smallest absolute Gasteiger partial charge is 0.352 e. The fourth-order valence-corrected chi connectivity index (χ4v) is 2.73. The molecule has 0 radical (unpaired) electrons. The SMILES string of the molecule is O=C1CC[C@@H](C(=O)Oc2c(Cl)c(Cl)c(Cl)c(Cl)c2Cl)O1. The summed E-state index contributed by atoms with van der Waals surface area (Å²) >= 11 is 29.3. The summed E-state index contributed by atoms with van der Waals surface area (Å²) in [5, 5.41) is -0.522. The second-order valence-corrected chi connectivity index (χ2v) is 5.73. The second-order valence-electron chi connectivity index (χ2n) is 3.84. The standard InChI is InChI=1S/C11H5Cl5O4/c12-5-6(13)8(15)10(9(16)7(5)14)20-11(18)3-1-2-4(17)19-3/h3H,1-2H2/t3-/m0/s1. The van der Waals surface area contributed by atoms with Gasteiger partial charge in [-0.15, -0.1) is 0 Å². The molecule has 1 aliphatic rings. The molecular formula is C11H5Cl5O4. The summed E-state index contributed by atoms with van der Waals surface area (Å²) in [7, 11) is 0. The van der Waals surface area contributed by atoms with Crippen molar-refractivity contribution < 1.29 is 19.1 Å². The Morgan fingerprint density at radius 2 is 1.50 bits per heavy atom. The van der Waals surface area contributed by atoms with E-state index in [9.17, 15) is 9.59 Å². The predicted octanol–water partition coefficient (Wildman–Crippen LogP) is 4.56. The van der Waals surface area contributed by atoms with Crippen LogP contribution in [0.15, 0.2) is 0 Å². The van der Waals surface area contributed by atoms with Gasteiger partial charge in [-0.05, 0) is 0 Å². The van der Waals surface area contributed by atoms with Crippen LogP contribution in [0.4, 0.5) is 0 Å². The molecule has 108 valence electrons. The molecule has 1 aromatic carbocycles. The van der Waals surface area contributed by atoms with Crippen molar-refractivity contribution in [2.24, 2.45) is 0 Å². The Bertz CT molecular complexity index is 572. The Labute approximate surface area is 138 Å². The summed E-state index contributed by atoms with van der Waals surface area (Å²) in [6.45, 7) is 0. The van der Waals surface area contributed by atoms with Crippen LogP contribution < -0.4 is 4.74 Å². The minimum atomic E-state index is -0.997. The molecule has 2 rings (SSSR count). The van der Waals surface area contributed by atoms with E-state index in [1.807, 2.05) is 0 Å². The molecule has 0 saturated carbocycles. The Morgan fingerprint density at radius 1 is 1.00 bits per heavy atom. The van der Waals surface area contributed by atoms with Crippen LogP contribution in [-0.2, 0) is 14.3 Å². The Morgan fingerprint density at radius 3 is 1.95 bits per heavy atom. The summed E-state index contributed by atoms with van der Waals surface area (Å²) in [5.74, 6) is -1.51. The van der Waals surface area contributed by atoms with Gasteiger partial charge in [0.2, 0.25) is 0 Å². The minimum absolute atomic E-state index is 0.0459. The first-order valence-electron chi connectivity index (χ1n) is 5.25. The van der Waals surface area contributed by atoms with E-state index in [0.29, 0.717) is 0 Å². The first kappa shape index (κ1) is 16.0. The van der Waals surface area contributed by atoms with Crippen molar-refractivity contribution in [1.29, 1.82) is 0 Å². The number of esters is 2. The van der Waals surface area contributed by atoms with E-state index in [-0.39, 0.29) is 43.7 Å². The molecule has 1 heterocycles. The lowest BCUT2D eigenvalue weighted by Gasteiger charge is -2.14. The zero-order valence-corrected chi connectivity index (χ0v) is 13.3. The van der Waals surface area contributed by atoms with Crippen molar-refractivity contribution >= 4 is 69.9 Å². The summed E-state index contributed by atoms with van der Waals surface area (Å²) in [5.41, 5.74) is 0. The van der Waals surface area contributed by atoms with Gasteiger partial charge < -0.3 is 9.47 Å². The summed E-state index contributed by atoms with van der Waals surface area (Å²) in [6, 6.07) is 0. The maximum absolute atomic E-state index is 11.8. The average Bonchev–Trinajstić information content (AvgIpc) is 2.85. The number of hydrogen-bond donors (Lipinski definition) is 0. The molecule has 9 heteroatoms. The highest BCUT2D eigenvalue weighted by atomic mass is 35.5. The number of hydrogen-bond acceptors (Lipinski definition) is 4. The second kappa shape index (κ2) is 6.16. The highest BCUT2D eigenvalue weighted by Crippen LogP contribution is 2.48. The van der Waals surface area contributed by atoms with Crippen molar-refractivity contribution in [1.82, 2.24) is 0 Å². The zero-order valence-electron chi connectivity index (χ0n) is 9.51. The summed E-state index contributed by atoms with van der Waals surface area (Å²) < 4.78 is 9.78. The van der Waals surface area contributed by atoms with Crippen LogP contribution in [0.25, 0.3) is 0 Å².